The summed E-state index contributed by atoms with van der Waals surface area (Å²) in [7, 11) is 0. The Bertz CT molecular complexity index is 497. The van der Waals surface area contributed by atoms with Gasteiger partial charge < -0.3 is 10.2 Å². The topological polar surface area (TPSA) is 93.5 Å². The molecular formula is C10H9N4O3S. The number of carbonyl (C=O) groups excluding carboxylic acids is 2. The highest BCUT2D eigenvalue weighted by Gasteiger charge is 2.14. The molecule has 1 aromatic heterocycles. The lowest BCUT2D eigenvalue weighted by Crippen LogP contribution is -2.09. The van der Waals surface area contributed by atoms with Crippen LogP contribution in [-0.2, 0) is 14.4 Å². The van der Waals surface area contributed by atoms with Crippen LogP contribution in [0.5, 0.6) is 0 Å². The third-order valence-electron chi connectivity index (χ3n) is 2.16. The van der Waals surface area contributed by atoms with Crippen molar-refractivity contribution in [3.05, 3.63) is 18.0 Å². The third-order valence-corrected chi connectivity index (χ3v) is 2.81. The quantitative estimate of drug-likeness (QED) is 0.353. The highest BCUT2D eigenvalue weighted by atomic mass is 32.1. The molecule has 1 aliphatic rings. The lowest BCUT2D eigenvalue weighted by molar-refractivity contribution is -0.105. The molecule has 8 heteroatoms. The monoisotopic (exact) mass is 265 g/mol. The Morgan fingerprint density at radius 3 is 3.28 bits per heavy atom. The molecule has 18 heavy (non-hydrogen) atoms. The van der Waals surface area contributed by atoms with Gasteiger partial charge in [-0.1, -0.05) is 11.2 Å². The molecule has 1 unspecified atom stereocenters. The fourth-order valence-electron chi connectivity index (χ4n) is 1.35. The number of hydrogen-bond acceptors (Lipinski definition) is 7. The summed E-state index contributed by atoms with van der Waals surface area (Å²) in [6.45, 7) is 0. The van der Waals surface area contributed by atoms with Crippen LogP contribution in [0.15, 0.2) is 17.3 Å². The molecule has 7 nitrogen and oxygen atoms in total. The summed E-state index contributed by atoms with van der Waals surface area (Å²) in [5.74, 6) is 0.0846. The van der Waals surface area contributed by atoms with Crippen molar-refractivity contribution in [3.8, 4) is 0 Å². The van der Waals surface area contributed by atoms with Crippen molar-refractivity contribution in [2.45, 2.75) is 18.9 Å². The van der Waals surface area contributed by atoms with Crippen molar-refractivity contribution < 1.29 is 14.4 Å². The number of anilines is 1. The van der Waals surface area contributed by atoms with Crippen LogP contribution in [0.1, 0.15) is 18.7 Å². The van der Waals surface area contributed by atoms with Gasteiger partial charge in [0, 0.05) is 11.5 Å². The Kier molecular flexibility index (Phi) is 4.13. The van der Waals surface area contributed by atoms with Crippen LogP contribution >= 0.6 is 11.5 Å². The van der Waals surface area contributed by atoms with Crippen molar-refractivity contribution in [1.82, 2.24) is 9.36 Å². The van der Waals surface area contributed by atoms with E-state index in [0.29, 0.717) is 6.41 Å². The van der Waals surface area contributed by atoms with Crippen LogP contribution in [0, 0.1) is 0 Å². The van der Waals surface area contributed by atoms with Crippen LogP contribution in [0.2, 0.25) is 0 Å². The number of carbonyl (C=O) groups is 1. The standard InChI is InChI=1S/C10H9N4O3S/c15-5-8(13-17-7-3-1-2-4-7)9-12-10(11-6-16)18-14-9/h1,3,6-7H,2,4H2,(H,11,12,14,16). The molecule has 1 aliphatic carbocycles. The number of amides is 1. The minimum absolute atomic E-state index is 0.0846. The molecule has 0 aromatic carbocycles. The predicted octanol–water partition coefficient (Wildman–Crippen LogP) is 0.655. The SMILES string of the molecule is O=[C]C(=NOC1C=CCC1)c1nsc(NC=O)n1. The molecule has 1 aromatic rings. The summed E-state index contributed by atoms with van der Waals surface area (Å²) in [6, 6.07) is 0. The number of nitrogens with zero attached hydrogens (tertiary/aromatic N) is 3. The van der Waals surface area contributed by atoms with Crippen molar-refractivity contribution in [3.63, 3.8) is 0 Å². The van der Waals surface area contributed by atoms with Gasteiger partial charge in [-0.2, -0.15) is 9.36 Å². The molecule has 0 saturated heterocycles. The van der Waals surface area contributed by atoms with E-state index in [4.69, 9.17) is 4.84 Å². The Hall–Kier alpha value is -2.09. The molecule has 1 amide bonds. The van der Waals surface area contributed by atoms with E-state index in [1.807, 2.05) is 12.2 Å². The number of rotatable bonds is 6. The summed E-state index contributed by atoms with van der Waals surface area (Å²) in [4.78, 5) is 30.0. The Morgan fingerprint density at radius 2 is 2.61 bits per heavy atom. The Labute approximate surface area is 107 Å². The Balaban J connectivity index is 2.05. The van der Waals surface area contributed by atoms with Crippen molar-refractivity contribution in [1.29, 1.82) is 0 Å². The summed E-state index contributed by atoms with van der Waals surface area (Å²) < 4.78 is 3.87. The van der Waals surface area contributed by atoms with Gasteiger partial charge in [0.2, 0.25) is 17.4 Å². The van der Waals surface area contributed by atoms with E-state index in [9.17, 15) is 9.59 Å². The van der Waals surface area contributed by atoms with E-state index in [-0.39, 0.29) is 22.8 Å². The average molecular weight is 265 g/mol. The van der Waals surface area contributed by atoms with Gasteiger partial charge in [0.1, 0.15) is 6.10 Å². The second kappa shape index (κ2) is 6.01. The van der Waals surface area contributed by atoms with Gasteiger partial charge in [-0.3, -0.25) is 9.59 Å². The number of aromatic nitrogens is 2. The molecule has 1 radical (unpaired) electrons. The molecular weight excluding hydrogens is 256 g/mol. The highest BCUT2D eigenvalue weighted by molar-refractivity contribution is 7.10. The average Bonchev–Trinajstić information content (AvgIpc) is 3.02. The molecule has 0 aliphatic heterocycles. The molecule has 1 atom stereocenters. The van der Waals surface area contributed by atoms with E-state index < -0.39 is 0 Å². The van der Waals surface area contributed by atoms with E-state index in [0.717, 1.165) is 24.4 Å². The van der Waals surface area contributed by atoms with Gasteiger partial charge in [-0.05, 0) is 18.9 Å². The molecule has 0 spiro atoms. The van der Waals surface area contributed by atoms with Gasteiger partial charge in [0.15, 0.2) is 5.71 Å². The lowest BCUT2D eigenvalue weighted by Gasteiger charge is -2.04. The first-order chi connectivity index (χ1) is 8.83. The normalized spacial score (nSPS) is 18.7. The first-order valence-electron chi connectivity index (χ1n) is 5.16. The first kappa shape index (κ1) is 12.4. The molecule has 1 N–H and O–H groups in total. The van der Waals surface area contributed by atoms with Gasteiger partial charge in [-0.25, -0.2) is 0 Å². The fourth-order valence-corrected chi connectivity index (χ4v) is 1.88. The number of oxime groups is 1. The van der Waals surface area contributed by atoms with Crippen LogP contribution in [-0.4, -0.2) is 33.9 Å². The third kappa shape index (κ3) is 2.98. The zero-order chi connectivity index (χ0) is 12.8. The largest absolute Gasteiger partial charge is 0.388 e. The summed E-state index contributed by atoms with van der Waals surface area (Å²) in [5, 5.41) is 6.29. The smallest absolute Gasteiger partial charge is 0.261 e. The molecule has 1 heterocycles. The zero-order valence-corrected chi connectivity index (χ0v) is 10.0. The van der Waals surface area contributed by atoms with Crippen molar-refractivity contribution in [2.24, 2.45) is 5.16 Å². The molecule has 2 rings (SSSR count). The van der Waals surface area contributed by atoms with Gasteiger partial charge in [0.05, 0.1) is 0 Å². The Morgan fingerprint density at radius 1 is 1.72 bits per heavy atom. The van der Waals surface area contributed by atoms with Gasteiger partial charge in [0.25, 0.3) is 6.29 Å². The molecule has 0 saturated carbocycles. The van der Waals surface area contributed by atoms with Crippen LogP contribution in [0.4, 0.5) is 5.13 Å². The molecule has 0 fully saturated rings. The summed E-state index contributed by atoms with van der Waals surface area (Å²) in [6.07, 6.45) is 7.59. The zero-order valence-electron chi connectivity index (χ0n) is 9.20. The van der Waals surface area contributed by atoms with E-state index >= 15 is 0 Å². The maximum Gasteiger partial charge on any atom is 0.261 e. The van der Waals surface area contributed by atoms with Gasteiger partial charge >= 0.3 is 0 Å². The lowest BCUT2D eigenvalue weighted by atomic mass is 10.3. The van der Waals surface area contributed by atoms with Crippen molar-refractivity contribution >= 4 is 35.1 Å². The maximum atomic E-state index is 10.8. The molecule has 93 valence electrons. The minimum atomic E-state index is -0.125. The van der Waals surface area contributed by atoms with Crippen LogP contribution < -0.4 is 5.32 Å². The summed E-state index contributed by atoms with van der Waals surface area (Å²) in [5.41, 5.74) is -0.120. The number of nitrogens with one attached hydrogen (secondary N) is 1. The van der Waals surface area contributed by atoms with E-state index in [1.165, 1.54) is 0 Å². The second-order valence-electron chi connectivity index (χ2n) is 3.38. The van der Waals surface area contributed by atoms with Gasteiger partial charge in [-0.15, -0.1) is 0 Å². The highest BCUT2D eigenvalue weighted by Crippen LogP contribution is 2.14. The van der Waals surface area contributed by atoms with Crippen LogP contribution in [0.25, 0.3) is 0 Å². The van der Waals surface area contributed by atoms with E-state index in [2.05, 4.69) is 19.8 Å². The number of hydrogen-bond donors (Lipinski definition) is 1. The second-order valence-corrected chi connectivity index (χ2v) is 4.13. The minimum Gasteiger partial charge on any atom is -0.388 e. The fraction of sp³-hybridized carbons (Fsp3) is 0.300. The van der Waals surface area contributed by atoms with Crippen LogP contribution in [0.3, 0.4) is 0 Å². The maximum absolute atomic E-state index is 10.8. The molecule has 0 bridgehead atoms. The predicted molar refractivity (Wildman–Crippen MR) is 65.1 cm³/mol. The van der Waals surface area contributed by atoms with Crippen molar-refractivity contribution in [2.75, 3.05) is 5.32 Å². The summed E-state index contributed by atoms with van der Waals surface area (Å²) >= 11 is 0.943. The van der Waals surface area contributed by atoms with E-state index in [1.54, 1.807) is 6.29 Å². The number of allylic oxidation sites excluding steroid dienone is 1. The first-order valence-corrected chi connectivity index (χ1v) is 5.93.